The van der Waals surface area contributed by atoms with Crippen molar-refractivity contribution >= 4 is 5.97 Å². The van der Waals surface area contributed by atoms with Crippen LogP contribution in [0.2, 0.25) is 0 Å². The summed E-state index contributed by atoms with van der Waals surface area (Å²) in [5.74, 6) is -0.552. The molecule has 0 aromatic heterocycles. The average molecular weight is 210 g/mol. The smallest absolute Gasteiger partial charge is 0.304 e. The van der Waals surface area contributed by atoms with Crippen molar-refractivity contribution in [3.8, 4) is 5.75 Å². The van der Waals surface area contributed by atoms with Crippen LogP contribution < -0.4 is 4.74 Å². The van der Waals surface area contributed by atoms with Crippen LogP contribution in [0.1, 0.15) is 17.9 Å². The van der Waals surface area contributed by atoms with Gasteiger partial charge in [0.2, 0.25) is 0 Å². The van der Waals surface area contributed by atoms with Crippen molar-refractivity contribution in [1.82, 2.24) is 0 Å². The van der Waals surface area contributed by atoms with E-state index in [0.717, 1.165) is 5.56 Å². The van der Waals surface area contributed by atoms with Crippen LogP contribution >= 0.6 is 0 Å². The van der Waals surface area contributed by atoms with E-state index >= 15 is 0 Å². The van der Waals surface area contributed by atoms with Gasteiger partial charge >= 0.3 is 5.97 Å². The summed E-state index contributed by atoms with van der Waals surface area (Å²) in [6.07, 6.45) is -0.0666. The molecule has 0 saturated heterocycles. The molecule has 0 aliphatic carbocycles. The van der Waals surface area contributed by atoms with Crippen LogP contribution in [0.15, 0.2) is 24.3 Å². The van der Waals surface area contributed by atoms with Gasteiger partial charge in [-0.15, -0.1) is 0 Å². The molecule has 82 valence electrons. The standard InChI is InChI=1S/C11H14O4/c1-15-10-4-2-8(3-5-10)9(7-12)6-11(13)14/h2-5,9,12H,6-7H2,1H3,(H,13,14). The fraction of sp³-hybridized carbons (Fsp3) is 0.364. The molecule has 1 atom stereocenters. The lowest BCUT2D eigenvalue weighted by atomic mass is 9.97. The van der Waals surface area contributed by atoms with Gasteiger partial charge in [-0.3, -0.25) is 4.79 Å². The van der Waals surface area contributed by atoms with Gasteiger partial charge in [0.1, 0.15) is 5.75 Å². The topological polar surface area (TPSA) is 66.8 Å². The van der Waals surface area contributed by atoms with Gasteiger partial charge in [0.05, 0.1) is 20.1 Å². The van der Waals surface area contributed by atoms with Crippen LogP contribution in [0.25, 0.3) is 0 Å². The second-order valence-corrected chi connectivity index (χ2v) is 3.25. The average Bonchev–Trinajstić information content (AvgIpc) is 2.26. The van der Waals surface area contributed by atoms with Crippen LogP contribution in [0.4, 0.5) is 0 Å². The van der Waals surface area contributed by atoms with Crippen LogP contribution in [0.3, 0.4) is 0 Å². The largest absolute Gasteiger partial charge is 0.497 e. The Labute approximate surface area is 88.1 Å². The molecule has 0 heterocycles. The van der Waals surface area contributed by atoms with Crippen molar-refractivity contribution in [2.75, 3.05) is 13.7 Å². The predicted octanol–water partition coefficient (Wildman–Crippen LogP) is 1.25. The van der Waals surface area contributed by atoms with E-state index in [-0.39, 0.29) is 18.9 Å². The summed E-state index contributed by atoms with van der Waals surface area (Å²) in [6, 6.07) is 7.03. The molecule has 0 radical (unpaired) electrons. The predicted molar refractivity (Wildman–Crippen MR) is 55.1 cm³/mol. The highest BCUT2D eigenvalue weighted by Crippen LogP contribution is 2.21. The van der Waals surface area contributed by atoms with E-state index in [1.165, 1.54) is 0 Å². The van der Waals surface area contributed by atoms with E-state index in [4.69, 9.17) is 14.9 Å². The van der Waals surface area contributed by atoms with Gasteiger partial charge in [-0.2, -0.15) is 0 Å². The maximum Gasteiger partial charge on any atom is 0.304 e. The number of aliphatic hydroxyl groups excluding tert-OH is 1. The van der Waals surface area contributed by atoms with Crippen LogP contribution in [0.5, 0.6) is 5.75 Å². The van der Waals surface area contributed by atoms with E-state index in [1.54, 1.807) is 31.4 Å². The van der Waals surface area contributed by atoms with Crippen molar-refractivity contribution in [2.45, 2.75) is 12.3 Å². The first-order valence-corrected chi connectivity index (χ1v) is 4.64. The molecule has 1 unspecified atom stereocenters. The fourth-order valence-electron chi connectivity index (χ4n) is 1.37. The molecule has 0 spiro atoms. The van der Waals surface area contributed by atoms with Gasteiger partial charge in [-0.25, -0.2) is 0 Å². The van der Waals surface area contributed by atoms with Crippen molar-refractivity contribution in [1.29, 1.82) is 0 Å². The zero-order chi connectivity index (χ0) is 11.3. The number of carboxylic acids is 1. The Bertz CT molecular complexity index is 318. The first-order valence-electron chi connectivity index (χ1n) is 4.64. The van der Waals surface area contributed by atoms with Gasteiger partial charge in [-0.1, -0.05) is 12.1 Å². The summed E-state index contributed by atoms with van der Waals surface area (Å²) >= 11 is 0. The van der Waals surface area contributed by atoms with E-state index < -0.39 is 5.97 Å². The Morgan fingerprint density at radius 1 is 1.40 bits per heavy atom. The van der Waals surface area contributed by atoms with Gasteiger partial charge in [0.15, 0.2) is 0 Å². The first-order chi connectivity index (χ1) is 7.17. The number of rotatable bonds is 5. The van der Waals surface area contributed by atoms with Gasteiger partial charge in [-0.05, 0) is 17.7 Å². The maximum absolute atomic E-state index is 10.5. The normalized spacial score (nSPS) is 12.1. The Balaban J connectivity index is 2.78. The van der Waals surface area contributed by atoms with Crippen molar-refractivity contribution < 1.29 is 19.7 Å². The minimum absolute atomic E-state index is 0.0666. The molecule has 0 saturated carbocycles. The zero-order valence-corrected chi connectivity index (χ0v) is 8.51. The second kappa shape index (κ2) is 5.36. The lowest BCUT2D eigenvalue weighted by Gasteiger charge is -2.12. The number of aliphatic carboxylic acids is 1. The lowest BCUT2D eigenvalue weighted by Crippen LogP contribution is -2.10. The molecule has 2 N–H and O–H groups in total. The molecule has 15 heavy (non-hydrogen) atoms. The molecule has 0 aliphatic heterocycles. The summed E-state index contributed by atoms with van der Waals surface area (Å²) in [4.78, 5) is 10.5. The molecule has 0 fully saturated rings. The van der Waals surface area contributed by atoms with Crippen molar-refractivity contribution in [2.24, 2.45) is 0 Å². The molecule has 1 aromatic rings. The van der Waals surface area contributed by atoms with Crippen molar-refractivity contribution in [3.05, 3.63) is 29.8 Å². The molecule has 1 aromatic carbocycles. The highest BCUT2D eigenvalue weighted by atomic mass is 16.5. The van der Waals surface area contributed by atoms with Crippen LogP contribution in [0, 0.1) is 0 Å². The minimum atomic E-state index is -0.912. The zero-order valence-electron chi connectivity index (χ0n) is 8.51. The number of aliphatic hydroxyl groups is 1. The fourth-order valence-corrected chi connectivity index (χ4v) is 1.37. The van der Waals surface area contributed by atoms with E-state index in [2.05, 4.69) is 0 Å². The first kappa shape index (κ1) is 11.5. The highest BCUT2D eigenvalue weighted by molar-refractivity contribution is 5.68. The van der Waals surface area contributed by atoms with Gasteiger partial charge in [0, 0.05) is 5.92 Å². The third-order valence-electron chi connectivity index (χ3n) is 2.23. The maximum atomic E-state index is 10.5. The van der Waals surface area contributed by atoms with E-state index in [0.29, 0.717) is 5.75 Å². The molecule has 0 aliphatic rings. The molecule has 4 heteroatoms. The molecule has 0 bridgehead atoms. The van der Waals surface area contributed by atoms with E-state index in [9.17, 15) is 4.79 Å². The Morgan fingerprint density at radius 3 is 2.40 bits per heavy atom. The summed E-state index contributed by atoms with van der Waals surface area (Å²) in [5.41, 5.74) is 0.806. The summed E-state index contributed by atoms with van der Waals surface area (Å²) in [7, 11) is 1.57. The molecule has 0 amide bonds. The quantitative estimate of drug-likeness (QED) is 0.767. The van der Waals surface area contributed by atoms with Crippen molar-refractivity contribution in [3.63, 3.8) is 0 Å². The van der Waals surface area contributed by atoms with E-state index in [1.807, 2.05) is 0 Å². The molecular formula is C11H14O4. The third kappa shape index (κ3) is 3.25. The Hall–Kier alpha value is -1.55. The SMILES string of the molecule is COc1ccc(C(CO)CC(=O)O)cc1. The number of methoxy groups -OCH3 is 1. The van der Waals surface area contributed by atoms with Crippen LogP contribution in [-0.4, -0.2) is 29.9 Å². The number of benzene rings is 1. The number of ether oxygens (including phenoxy) is 1. The molecule has 1 rings (SSSR count). The number of hydrogen-bond donors (Lipinski definition) is 2. The molecule has 4 nitrogen and oxygen atoms in total. The van der Waals surface area contributed by atoms with Gasteiger partial charge < -0.3 is 14.9 Å². The van der Waals surface area contributed by atoms with Gasteiger partial charge in [0.25, 0.3) is 0 Å². The summed E-state index contributed by atoms with van der Waals surface area (Å²) < 4.78 is 4.98. The summed E-state index contributed by atoms with van der Waals surface area (Å²) in [5, 5.41) is 17.7. The minimum Gasteiger partial charge on any atom is -0.497 e. The number of hydrogen-bond acceptors (Lipinski definition) is 3. The monoisotopic (exact) mass is 210 g/mol. The molecular weight excluding hydrogens is 196 g/mol. The lowest BCUT2D eigenvalue weighted by molar-refractivity contribution is -0.137. The third-order valence-corrected chi connectivity index (χ3v) is 2.23. The number of carboxylic acid groups (broad SMARTS) is 1. The number of carbonyl (C=O) groups is 1. The van der Waals surface area contributed by atoms with Crippen LogP contribution in [-0.2, 0) is 4.79 Å². The second-order valence-electron chi connectivity index (χ2n) is 3.25. The Morgan fingerprint density at radius 2 is 2.00 bits per heavy atom. The highest BCUT2D eigenvalue weighted by Gasteiger charge is 2.14. The Kier molecular flexibility index (Phi) is 4.12. The summed E-state index contributed by atoms with van der Waals surface area (Å²) in [6.45, 7) is -0.168.